The first kappa shape index (κ1) is 18.7. The monoisotopic (exact) mass is 341 g/mol. The first-order valence-corrected chi connectivity index (χ1v) is 6.76. The maximum absolute atomic E-state index is 12.5. The fraction of sp³-hybridized carbons (Fsp3) is 0.125. The molecule has 1 amide bonds. The number of halogens is 3. The summed E-state index contributed by atoms with van der Waals surface area (Å²) in [6, 6.07) is 10.3. The molecule has 7 heteroatoms. The zero-order chi connectivity index (χ0) is 17.4. The second-order valence-electron chi connectivity index (χ2n) is 4.27. The molecule has 0 fully saturated rings. The Morgan fingerprint density at radius 1 is 0.913 bits per heavy atom. The zero-order valence-electron chi connectivity index (χ0n) is 12.4. The van der Waals surface area contributed by atoms with E-state index in [4.69, 9.17) is 11.6 Å². The van der Waals surface area contributed by atoms with Gasteiger partial charge < -0.3 is 0 Å². The summed E-state index contributed by atoms with van der Waals surface area (Å²) in [5, 5.41) is 0.507. The predicted octanol–water partition coefficient (Wildman–Crippen LogP) is 3.66. The van der Waals surface area contributed by atoms with Crippen molar-refractivity contribution in [2.24, 2.45) is 0 Å². The summed E-state index contributed by atoms with van der Waals surface area (Å²) < 4.78 is 24.7. The van der Waals surface area contributed by atoms with Crippen molar-refractivity contribution in [3.63, 3.8) is 0 Å². The van der Waals surface area contributed by atoms with Gasteiger partial charge in [0.2, 0.25) is 0 Å². The Kier molecular flexibility index (Phi) is 7.31. The number of hydrogen-bond donors (Lipinski definition) is 0. The lowest BCUT2D eigenvalue weighted by Crippen LogP contribution is -2.25. The summed E-state index contributed by atoms with van der Waals surface area (Å²) in [6.45, 7) is 0. The van der Waals surface area contributed by atoms with E-state index in [2.05, 4.69) is 4.84 Å². The second-order valence-corrected chi connectivity index (χ2v) is 4.62. The van der Waals surface area contributed by atoms with Crippen LogP contribution < -0.4 is 0 Å². The molecule has 0 radical (unpaired) electrons. The Morgan fingerprint density at radius 3 is 1.65 bits per heavy atom. The molecule has 0 saturated heterocycles. The highest BCUT2D eigenvalue weighted by Crippen LogP contribution is 2.06. The number of amides is 1. The highest BCUT2D eigenvalue weighted by atomic mass is 35.5. The molecule has 2 aromatic carbocycles. The Morgan fingerprint density at radius 2 is 1.30 bits per heavy atom. The van der Waals surface area contributed by atoms with Gasteiger partial charge in [0.15, 0.2) is 0 Å². The fourth-order valence-corrected chi connectivity index (χ4v) is 1.56. The van der Waals surface area contributed by atoms with Gasteiger partial charge in [-0.2, -0.15) is 0 Å². The van der Waals surface area contributed by atoms with Gasteiger partial charge in [-0.1, -0.05) is 0 Å². The molecule has 0 aromatic heterocycles. The van der Waals surface area contributed by atoms with E-state index in [-0.39, 0.29) is 17.5 Å². The average Bonchev–Trinajstić information content (AvgIpc) is 2.55. The quantitative estimate of drug-likeness (QED) is 0.632. The van der Waals surface area contributed by atoms with E-state index in [1.165, 1.54) is 62.7 Å². The summed E-state index contributed by atoms with van der Waals surface area (Å²) in [6.07, 6.45) is 0. The average molecular weight is 342 g/mol. The van der Waals surface area contributed by atoms with Crippen LogP contribution in [0.5, 0.6) is 0 Å². The van der Waals surface area contributed by atoms with E-state index in [1.54, 1.807) is 0 Å². The molecule has 4 nitrogen and oxygen atoms in total. The highest BCUT2D eigenvalue weighted by molar-refractivity contribution is 6.67. The molecule has 0 atom stereocenters. The topological polar surface area (TPSA) is 46.6 Å². The zero-order valence-corrected chi connectivity index (χ0v) is 13.2. The summed E-state index contributed by atoms with van der Waals surface area (Å²) in [4.78, 5) is 26.5. The molecule has 0 bridgehead atoms. The maximum Gasteiger partial charge on any atom is 0.277 e. The van der Waals surface area contributed by atoms with Crippen molar-refractivity contribution in [1.82, 2.24) is 5.06 Å². The minimum Gasteiger partial charge on any atom is -0.276 e. The number of carbonyl (C=O) groups is 2. The van der Waals surface area contributed by atoms with Gasteiger partial charge in [-0.25, -0.2) is 13.8 Å². The third kappa shape index (κ3) is 6.14. The molecule has 0 saturated carbocycles. The Bertz CT molecular complexity index is 660. The summed E-state index contributed by atoms with van der Waals surface area (Å²) in [7, 11) is 2.88. The number of carbonyl (C=O) groups excluding carboxylic acids is 2. The van der Waals surface area contributed by atoms with Crippen molar-refractivity contribution < 1.29 is 23.2 Å². The van der Waals surface area contributed by atoms with Crippen molar-refractivity contribution in [3.05, 3.63) is 71.3 Å². The molecule has 0 aliphatic heterocycles. The summed E-state index contributed by atoms with van der Waals surface area (Å²) in [5.74, 6) is -1.04. The Hall–Kier alpha value is -2.31. The molecule has 0 unspecified atom stereocenters. The largest absolute Gasteiger partial charge is 0.277 e. The van der Waals surface area contributed by atoms with Gasteiger partial charge in [0.1, 0.15) is 11.6 Å². The van der Waals surface area contributed by atoms with Crippen LogP contribution in [0, 0.1) is 11.6 Å². The minimum atomic E-state index is -0.569. The lowest BCUT2D eigenvalue weighted by Gasteiger charge is -2.12. The molecule has 0 N–H and O–H groups in total. The van der Waals surface area contributed by atoms with E-state index in [9.17, 15) is 18.4 Å². The van der Waals surface area contributed by atoms with Crippen molar-refractivity contribution in [1.29, 1.82) is 0 Å². The van der Waals surface area contributed by atoms with E-state index >= 15 is 0 Å². The van der Waals surface area contributed by atoms with Crippen LogP contribution in [-0.2, 0) is 4.84 Å². The van der Waals surface area contributed by atoms with Gasteiger partial charge >= 0.3 is 0 Å². The molecular weight excluding hydrogens is 328 g/mol. The smallest absolute Gasteiger partial charge is 0.276 e. The third-order valence-electron chi connectivity index (χ3n) is 2.72. The van der Waals surface area contributed by atoms with E-state index < -0.39 is 5.24 Å². The highest BCUT2D eigenvalue weighted by Gasteiger charge is 2.10. The van der Waals surface area contributed by atoms with Crippen LogP contribution >= 0.6 is 11.6 Å². The normalized spacial score (nSPS) is 9.61. The van der Waals surface area contributed by atoms with Gasteiger partial charge in [-0.3, -0.25) is 14.4 Å². The maximum atomic E-state index is 12.5. The van der Waals surface area contributed by atoms with Gasteiger partial charge in [0, 0.05) is 18.2 Å². The van der Waals surface area contributed by atoms with Crippen LogP contribution in [-0.4, -0.2) is 30.4 Å². The minimum absolute atomic E-state index is 0.303. The van der Waals surface area contributed by atoms with Crippen LogP contribution in [0.1, 0.15) is 20.7 Å². The third-order valence-corrected chi connectivity index (χ3v) is 2.94. The van der Waals surface area contributed by atoms with Gasteiger partial charge in [0.25, 0.3) is 11.1 Å². The van der Waals surface area contributed by atoms with Crippen molar-refractivity contribution in [3.8, 4) is 0 Å². The van der Waals surface area contributed by atoms with Crippen LogP contribution in [0.25, 0.3) is 0 Å². The lowest BCUT2D eigenvalue weighted by molar-refractivity contribution is -0.0757. The van der Waals surface area contributed by atoms with Crippen molar-refractivity contribution >= 4 is 22.8 Å². The van der Waals surface area contributed by atoms with Crippen LogP contribution in [0.2, 0.25) is 0 Å². The first-order chi connectivity index (χ1) is 10.8. The number of nitrogens with zero attached hydrogens (tertiary/aromatic N) is 1. The van der Waals surface area contributed by atoms with Gasteiger partial charge in [-0.15, -0.1) is 0 Å². The van der Waals surface area contributed by atoms with E-state index in [0.717, 1.165) is 5.06 Å². The number of hydroxylamine groups is 2. The van der Waals surface area contributed by atoms with Crippen LogP contribution in [0.15, 0.2) is 48.5 Å². The number of benzene rings is 2. The molecule has 2 aromatic rings. The molecule has 0 spiro atoms. The molecule has 0 aliphatic carbocycles. The first-order valence-electron chi connectivity index (χ1n) is 6.38. The summed E-state index contributed by atoms with van der Waals surface area (Å²) in [5.41, 5.74) is 0.703. The SMILES string of the molecule is CON(C)C(=O)c1ccc(F)cc1.O=C(Cl)c1ccc(F)cc1. The predicted molar refractivity (Wildman–Crippen MR) is 82.1 cm³/mol. The summed E-state index contributed by atoms with van der Waals surface area (Å²) >= 11 is 5.09. The van der Waals surface area contributed by atoms with E-state index in [0.29, 0.717) is 11.1 Å². The molecule has 122 valence electrons. The fourth-order valence-electron chi connectivity index (χ4n) is 1.44. The Balaban J connectivity index is 0.000000238. The Labute approximate surface area is 137 Å². The van der Waals surface area contributed by atoms with Gasteiger partial charge in [-0.05, 0) is 60.1 Å². The van der Waals surface area contributed by atoms with Crippen LogP contribution in [0.4, 0.5) is 8.78 Å². The number of hydrogen-bond acceptors (Lipinski definition) is 3. The number of rotatable bonds is 3. The van der Waals surface area contributed by atoms with Crippen molar-refractivity contribution in [2.75, 3.05) is 14.2 Å². The lowest BCUT2D eigenvalue weighted by atomic mass is 10.2. The van der Waals surface area contributed by atoms with Crippen molar-refractivity contribution in [2.45, 2.75) is 0 Å². The molecular formula is C16H14ClF2NO3. The molecule has 0 heterocycles. The van der Waals surface area contributed by atoms with E-state index in [1.807, 2.05) is 0 Å². The molecule has 0 aliphatic rings. The molecule has 2 rings (SSSR count). The van der Waals surface area contributed by atoms with Gasteiger partial charge in [0.05, 0.1) is 7.11 Å². The van der Waals surface area contributed by atoms with Crippen LogP contribution in [0.3, 0.4) is 0 Å². The standard InChI is InChI=1S/C9H10FNO2.C7H4ClFO/c1-11(13-2)9(12)7-3-5-8(10)6-4-7;8-7(10)5-1-3-6(9)4-2-5/h3-6H,1-2H3;1-4H. The second kappa shape index (κ2) is 8.97. The molecule has 23 heavy (non-hydrogen) atoms.